The predicted molar refractivity (Wildman–Crippen MR) is 107 cm³/mol. The second-order valence-electron chi connectivity index (χ2n) is 6.36. The molecule has 1 unspecified atom stereocenters. The molecule has 29 heavy (non-hydrogen) atoms. The summed E-state index contributed by atoms with van der Waals surface area (Å²) in [5.74, 6) is 1.05. The Morgan fingerprint density at radius 3 is 2.17 bits per heavy atom. The van der Waals surface area contributed by atoms with Crippen LogP contribution in [0.3, 0.4) is 0 Å². The average molecular weight is 403 g/mol. The van der Waals surface area contributed by atoms with Gasteiger partial charge in [0.1, 0.15) is 11.9 Å². The first-order valence-corrected chi connectivity index (χ1v) is 9.10. The Morgan fingerprint density at radius 2 is 1.66 bits per heavy atom. The van der Waals surface area contributed by atoms with Gasteiger partial charge in [0.05, 0.1) is 32.3 Å². The number of nitrogens with zero attached hydrogens (tertiary/aromatic N) is 1. The molecule has 2 aromatic carbocycles. The molecule has 0 spiro atoms. The quantitative estimate of drug-likeness (QED) is 0.332. The molecule has 0 fully saturated rings. The van der Waals surface area contributed by atoms with Crippen LogP contribution in [0.15, 0.2) is 36.4 Å². The number of carbonyl (C=O) groups is 1. The largest absolute Gasteiger partial charge is 0.497 e. The molecule has 0 heterocycles. The van der Waals surface area contributed by atoms with E-state index in [9.17, 15) is 14.9 Å². The van der Waals surface area contributed by atoms with Gasteiger partial charge in [0.2, 0.25) is 0 Å². The van der Waals surface area contributed by atoms with E-state index in [0.29, 0.717) is 42.1 Å². The minimum atomic E-state index is -0.447. The van der Waals surface area contributed by atoms with Crippen LogP contribution in [0.5, 0.6) is 17.2 Å². The number of methoxy groups -OCH3 is 3. The highest BCUT2D eigenvalue weighted by atomic mass is 16.6. The number of carbonyl (C=O) groups excluding carboxylic acids is 1. The minimum Gasteiger partial charge on any atom is -0.497 e. The third-order valence-electron chi connectivity index (χ3n) is 4.49. The highest BCUT2D eigenvalue weighted by Gasteiger charge is 2.21. The fourth-order valence-electron chi connectivity index (χ4n) is 3.07. The first kappa shape index (κ1) is 22.0. The summed E-state index contributed by atoms with van der Waals surface area (Å²) in [5.41, 5.74) is 1.34. The zero-order valence-corrected chi connectivity index (χ0v) is 17.0. The molecule has 156 valence electrons. The van der Waals surface area contributed by atoms with E-state index in [1.807, 2.05) is 12.1 Å². The third kappa shape index (κ3) is 5.84. The number of ether oxygens (including phenoxy) is 4. The van der Waals surface area contributed by atoms with Crippen molar-refractivity contribution in [2.24, 2.45) is 0 Å². The molecule has 0 radical (unpaired) electrons. The summed E-state index contributed by atoms with van der Waals surface area (Å²) in [5, 5.41) is 11.4. The van der Waals surface area contributed by atoms with Gasteiger partial charge >= 0.3 is 5.97 Å². The van der Waals surface area contributed by atoms with Gasteiger partial charge in [0.15, 0.2) is 11.5 Å². The van der Waals surface area contributed by atoms with Crippen molar-refractivity contribution in [1.29, 1.82) is 0 Å². The Morgan fingerprint density at radius 1 is 1.03 bits per heavy atom. The molecule has 0 aliphatic rings. The Hall–Kier alpha value is -3.29. The molecule has 0 aliphatic carbocycles. The smallest absolute Gasteiger partial charge is 0.303 e. The zero-order chi connectivity index (χ0) is 21.4. The van der Waals surface area contributed by atoms with E-state index < -0.39 is 11.0 Å². The second-order valence-corrected chi connectivity index (χ2v) is 6.36. The maximum Gasteiger partial charge on any atom is 0.303 e. The maximum atomic E-state index is 11.5. The lowest BCUT2D eigenvalue weighted by Crippen LogP contribution is -2.09. The number of hydrogen-bond donors (Lipinski definition) is 0. The summed E-state index contributed by atoms with van der Waals surface area (Å²) >= 11 is 0. The van der Waals surface area contributed by atoms with E-state index in [0.717, 1.165) is 5.56 Å². The molecule has 2 aromatic rings. The number of nitro groups is 1. The summed E-state index contributed by atoms with van der Waals surface area (Å²) in [6.07, 6.45) is 1.06. The summed E-state index contributed by atoms with van der Waals surface area (Å²) in [7, 11) is 4.49. The van der Waals surface area contributed by atoms with Crippen molar-refractivity contribution in [2.75, 3.05) is 21.3 Å². The van der Waals surface area contributed by atoms with E-state index in [2.05, 4.69) is 0 Å². The lowest BCUT2D eigenvalue weighted by atomic mass is 9.99. The summed E-state index contributed by atoms with van der Waals surface area (Å²) in [4.78, 5) is 22.5. The number of nitro benzene ring substituents is 1. The Labute approximate surface area is 169 Å². The Bertz CT molecular complexity index is 849. The van der Waals surface area contributed by atoms with Crippen LogP contribution in [-0.4, -0.2) is 32.2 Å². The topological polar surface area (TPSA) is 97.1 Å². The fraction of sp³-hybridized carbons (Fsp3) is 0.381. The highest BCUT2D eigenvalue weighted by Crippen LogP contribution is 2.36. The van der Waals surface area contributed by atoms with Gasteiger partial charge in [-0.3, -0.25) is 14.9 Å². The van der Waals surface area contributed by atoms with Crippen LogP contribution < -0.4 is 14.2 Å². The van der Waals surface area contributed by atoms with Gasteiger partial charge in [-0.15, -0.1) is 0 Å². The number of rotatable bonds is 10. The van der Waals surface area contributed by atoms with Gasteiger partial charge in [0.25, 0.3) is 5.69 Å². The second kappa shape index (κ2) is 10.3. The molecule has 1 atom stereocenters. The molecular formula is C21H25NO7. The summed E-state index contributed by atoms with van der Waals surface area (Å²) in [6, 6.07) is 10.2. The number of aryl methyl sites for hydroxylation is 1. The average Bonchev–Trinajstić information content (AvgIpc) is 2.72. The molecule has 0 saturated heterocycles. The molecule has 0 bridgehead atoms. The van der Waals surface area contributed by atoms with Gasteiger partial charge in [-0.05, 0) is 43.0 Å². The predicted octanol–water partition coefficient (Wildman–Crippen LogP) is 4.25. The molecule has 8 nitrogen and oxygen atoms in total. The van der Waals surface area contributed by atoms with Crippen molar-refractivity contribution >= 4 is 11.7 Å². The molecule has 0 saturated carbocycles. The molecule has 2 rings (SSSR count). The minimum absolute atomic E-state index is 0.0314. The third-order valence-corrected chi connectivity index (χ3v) is 4.49. The Balaban J connectivity index is 2.17. The molecule has 0 amide bonds. The van der Waals surface area contributed by atoms with E-state index in [4.69, 9.17) is 18.9 Å². The molecular weight excluding hydrogens is 378 g/mol. The first-order chi connectivity index (χ1) is 13.9. The van der Waals surface area contributed by atoms with Gasteiger partial charge in [0, 0.05) is 12.5 Å². The highest BCUT2D eigenvalue weighted by molar-refractivity contribution is 5.66. The SMILES string of the molecule is COc1ccc(C(CCCc2cc(OC)c(OC)cc2[N+](=O)[O-])OC(C)=O)cc1. The standard InChI is InChI=1S/C21H25NO7/c1-14(23)29-19(15-8-10-17(26-2)11-9-15)7-5-6-16-12-20(27-3)21(28-4)13-18(16)22(24)25/h8-13,19H,5-7H2,1-4H3. The van der Waals surface area contributed by atoms with Crippen LogP contribution in [0.2, 0.25) is 0 Å². The van der Waals surface area contributed by atoms with E-state index in [1.54, 1.807) is 25.3 Å². The first-order valence-electron chi connectivity index (χ1n) is 9.10. The molecule has 8 heteroatoms. The van der Waals surface area contributed by atoms with E-state index in [1.165, 1.54) is 27.2 Å². The number of benzene rings is 2. The molecule has 0 N–H and O–H groups in total. The normalized spacial score (nSPS) is 11.4. The van der Waals surface area contributed by atoms with E-state index in [-0.39, 0.29) is 11.7 Å². The van der Waals surface area contributed by atoms with Gasteiger partial charge in [-0.1, -0.05) is 12.1 Å². The number of esters is 1. The summed E-state index contributed by atoms with van der Waals surface area (Å²) in [6.45, 7) is 1.36. The van der Waals surface area contributed by atoms with Crippen molar-refractivity contribution in [1.82, 2.24) is 0 Å². The zero-order valence-electron chi connectivity index (χ0n) is 17.0. The van der Waals surface area contributed by atoms with E-state index >= 15 is 0 Å². The lowest BCUT2D eigenvalue weighted by Gasteiger charge is -2.18. The van der Waals surface area contributed by atoms with Gasteiger partial charge in [-0.25, -0.2) is 0 Å². The van der Waals surface area contributed by atoms with Crippen molar-refractivity contribution in [3.8, 4) is 17.2 Å². The fourth-order valence-corrected chi connectivity index (χ4v) is 3.07. The lowest BCUT2D eigenvalue weighted by molar-refractivity contribution is -0.385. The molecule has 0 aromatic heterocycles. The van der Waals surface area contributed by atoms with Crippen LogP contribution in [0.1, 0.15) is 37.0 Å². The van der Waals surface area contributed by atoms with Crippen LogP contribution >= 0.6 is 0 Å². The van der Waals surface area contributed by atoms with Gasteiger partial charge in [-0.2, -0.15) is 0 Å². The van der Waals surface area contributed by atoms with Crippen LogP contribution in [0.25, 0.3) is 0 Å². The Kier molecular flexibility index (Phi) is 7.82. The summed E-state index contributed by atoms with van der Waals surface area (Å²) < 4.78 is 21.0. The van der Waals surface area contributed by atoms with Crippen molar-refractivity contribution in [3.63, 3.8) is 0 Å². The van der Waals surface area contributed by atoms with Crippen molar-refractivity contribution in [3.05, 3.63) is 57.6 Å². The molecule has 0 aliphatic heterocycles. The van der Waals surface area contributed by atoms with Crippen LogP contribution in [0, 0.1) is 10.1 Å². The van der Waals surface area contributed by atoms with Crippen molar-refractivity contribution < 1.29 is 28.7 Å². The number of hydrogen-bond acceptors (Lipinski definition) is 7. The van der Waals surface area contributed by atoms with Crippen LogP contribution in [-0.2, 0) is 16.0 Å². The van der Waals surface area contributed by atoms with Crippen LogP contribution in [0.4, 0.5) is 5.69 Å². The van der Waals surface area contributed by atoms with Gasteiger partial charge < -0.3 is 18.9 Å². The monoisotopic (exact) mass is 403 g/mol. The maximum absolute atomic E-state index is 11.5. The van der Waals surface area contributed by atoms with Crippen molar-refractivity contribution in [2.45, 2.75) is 32.3 Å².